The van der Waals surface area contributed by atoms with Crippen molar-refractivity contribution >= 4 is 5.91 Å². The number of amides is 1. The van der Waals surface area contributed by atoms with Crippen LogP contribution in [0.25, 0.3) is 0 Å². The molecular formula is C21H22FNO4. The van der Waals surface area contributed by atoms with E-state index in [2.05, 4.69) is 0 Å². The minimum atomic E-state index is -0.758. The summed E-state index contributed by atoms with van der Waals surface area (Å²) in [7, 11) is 1.78. The lowest BCUT2D eigenvalue weighted by Gasteiger charge is -2.39. The van der Waals surface area contributed by atoms with Crippen molar-refractivity contribution < 1.29 is 23.4 Å². The van der Waals surface area contributed by atoms with E-state index in [1.165, 1.54) is 12.1 Å². The van der Waals surface area contributed by atoms with Crippen molar-refractivity contribution in [1.82, 2.24) is 4.90 Å². The minimum absolute atomic E-state index is 0.0194. The van der Waals surface area contributed by atoms with Crippen LogP contribution in [0, 0.1) is 5.82 Å². The van der Waals surface area contributed by atoms with Crippen LogP contribution in [0.2, 0.25) is 0 Å². The quantitative estimate of drug-likeness (QED) is 0.828. The number of carbonyl (C=O) groups excluding carboxylic acids is 1. The highest BCUT2D eigenvalue weighted by molar-refractivity contribution is 5.88. The topological polar surface area (TPSA) is 48.0 Å². The van der Waals surface area contributed by atoms with E-state index in [0.717, 1.165) is 5.56 Å². The van der Waals surface area contributed by atoms with Gasteiger partial charge >= 0.3 is 0 Å². The predicted molar refractivity (Wildman–Crippen MR) is 97.2 cm³/mol. The van der Waals surface area contributed by atoms with Crippen LogP contribution in [-0.2, 0) is 21.5 Å². The molecule has 0 radical (unpaired) electrons. The number of carbonyl (C=O) groups is 1. The standard InChI is InChI=1S/C21H22FNO4/c1-23(13-15-5-6-18-19(11-15)27-14-26-18)20(24)21(7-9-25-10-8-21)16-3-2-4-17(22)12-16/h2-6,11-12H,7-10,13-14H2,1H3. The molecule has 5 nitrogen and oxygen atoms in total. The number of benzene rings is 2. The molecule has 27 heavy (non-hydrogen) atoms. The molecule has 2 aromatic rings. The molecule has 0 aromatic heterocycles. The van der Waals surface area contributed by atoms with Gasteiger partial charge in [-0.25, -0.2) is 4.39 Å². The van der Waals surface area contributed by atoms with Crippen molar-refractivity contribution in [2.24, 2.45) is 0 Å². The van der Waals surface area contributed by atoms with Gasteiger partial charge in [0.15, 0.2) is 11.5 Å². The zero-order chi connectivity index (χ0) is 18.9. The molecule has 2 aromatic carbocycles. The molecule has 2 heterocycles. The normalized spacial score (nSPS) is 17.6. The van der Waals surface area contributed by atoms with Crippen LogP contribution in [0.1, 0.15) is 24.0 Å². The van der Waals surface area contributed by atoms with Gasteiger partial charge < -0.3 is 19.1 Å². The Hall–Kier alpha value is -2.60. The fraction of sp³-hybridized carbons (Fsp3) is 0.381. The van der Waals surface area contributed by atoms with Crippen LogP contribution in [0.3, 0.4) is 0 Å². The van der Waals surface area contributed by atoms with E-state index in [-0.39, 0.29) is 18.5 Å². The van der Waals surface area contributed by atoms with Gasteiger partial charge in [-0.1, -0.05) is 18.2 Å². The molecule has 0 atom stereocenters. The van der Waals surface area contributed by atoms with Crippen molar-refractivity contribution in [2.75, 3.05) is 27.1 Å². The molecule has 142 valence electrons. The maximum absolute atomic E-state index is 13.8. The number of halogens is 1. The molecule has 0 bridgehead atoms. The van der Waals surface area contributed by atoms with E-state index in [1.807, 2.05) is 24.3 Å². The maximum Gasteiger partial charge on any atom is 0.233 e. The van der Waals surface area contributed by atoms with Crippen molar-refractivity contribution in [2.45, 2.75) is 24.8 Å². The third kappa shape index (κ3) is 3.37. The fourth-order valence-corrected chi connectivity index (χ4v) is 3.88. The van der Waals surface area contributed by atoms with Crippen LogP contribution >= 0.6 is 0 Å². The van der Waals surface area contributed by atoms with E-state index in [1.54, 1.807) is 18.0 Å². The molecule has 0 aliphatic carbocycles. The van der Waals surface area contributed by atoms with Crippen LogP contribution in [0.4, 0.5) is 4.39 Å². The molecule has 1 fully saturated rings. The Bertz CT molecular complexity index is 848. The summed E-state index contributed by atoms with van der Waals surface area (Å²) in [5.74, 6) is 1.06. The van der Waals surface area contributed by atoms with Crippen molar-refractivity contribution in [1.29, 1.82) is 0 Å². The largest absolute Gasteiger partial charge is 0.454 e. The van der Waals surface area contributed by atoms with Crippen LogP contribution in [0.15, 0.2) is 42.5 Å². The Morgan fingerprint density at radius 1 is 1.11 bits per heavy atom. The number of likely N-dealkylation sites (N-methyl/N-ethyl adjacent to an activating group) is 1. The molecule has 4 rings (SSSR count). The first-order valence-electron chi connectivity index (χ1n) is 9.06. The molecular weight excluding hydrogens is 349 g/mol. The monoisotopic (exact) mass is 371 g/mol. The summed E-state index contributed by atoms with van der Waals surface area (Å²) in [5.41, 5.74) is 0.913. The average Bonchev–Trinajstić information content (AvgIpc) is 3.15. The Morgan fingerprint density at radius 3 is 2.67 bits per heavy atom. The van der Waals surface area contributed by atoms with E-state index in [4.69, 9.17) is 14.2 Å². The maximum atomic E-state index is 13.8. The first kappa shape index (κ1) is 17.8. The van der Waals surface area contributed by atoms with Gasteiger partial charge in [0.2, 0.25) is 12.7 Å². The summed E-state index contributed by atoms with van der Waals surface area (Å²) in [6.45, 7) is 1.63. The number of rotatable bonds is 4. The third-order valence-electron chi connectivity index (χ3n) is 5.34. The third-order valence-corrected chi connectivity index (χ3v) is 5.34. The van der Waals surface area contributed by atoms with E-state index in [9.17, 15) is 9.18 Å². The molecule has 0 N–H and O–H groups in total. The Kier molecular flexibility index (Phi) is 4.74. The van der Waals surface area contributed by atoms with E-state index < -0.39 is 5.41 Å². The van der Waals surface area contributed by atoms with Gasteiger partial charge in [0, 0.05) is 26.8 Å². The minimum Gasteiger partial charge on any atom is -0.454 e. The molecule has 1 saturated heterocycles. The van der Waals surface area contributed by atoms with Crippen molar-refractivity contribution in [3.05, 3.63) is 59.4 Å². The average molecular weight is 371 g/mol. The number of ether oxygens (including phenoxy) is 3. The van der Waals surface area contributed by atoms with Gasteiger partial charge in [-0.15, -0.1) is 0 Å². The molecule has 0 spiro atoms. The highest BCUT2D eigenvalue weighted by Crippen LogP contribution is 2.38. The Morgan fingerprint density at radius 2 is 1.89 bits per heavy atom. The molecule has 0 saturated carbocycles. The first-order chi connectivity index (χ1) is 13.1. The Labute approximate surface area is 157 Å². The van der Waals surface area contributed by atoms with Crippen LogP contribution in [0.5, 0.6) is 11.5 Å². The summed E-state index contributed by atoms with van der Waals surface area (Å²) >= 11 is 0. The molecule has 1 amide bonds. The predicted octanol–water partition coefficient (Wildman–Crippen LogP) is 3.26. The van der Waals surface area contributed by atoms with Gasteiger partial charge in [0.1, 0.15) is 5.82 Å². The lowest BCUT2D eigenvalue weighted by molar-refractivity contribution is -0.140. The smallest absolute Gasteiger partial charge is 0.233 e. The molecule has 0 unspecified atom stereocenters. The fourth-order valence-electron chi connectivity index (χ4n) is 3.88. The summed E-state index contributed by atoms with van der Waals surface area (Å²) in [4.78, 5) is 15.2. The van der Waals surface area contributed by atoms with Crippen molar-refractivity contribution in [3.63, 3.8) is 0 Å². The summed E-state index contributed by atoms with van der Waals surface area (Å²) in [5, 5.41) is 0. The molecule has 2 aliphatic heterocycles. The second-order valence-electron chi connectivity index (χ2n) is 7.05. The lowest BCUT2D eigenvalue weighted by atomic mass is 9.73. The summed E-state index contributed by atoms with van der Waals surface area (Å²) < 4.78 is 30.1. The van der Waals surface area contributed by atoms with E-state index in [0.29, 0.717) is 49.7 Å². The van der Waals surface area contributed by atoms with Gasteiger partial charge in [-0.3, -0.25) is 4.79 Å². The van der Waals surface area contributed by atoms with Crippen LogP contribution in [-0.4, -0.2) is 37.9 Å². The zero-order valence-corrected chi connectivity index (χ0v) is 15.2. The lowest BCUT2D eigenvalue weighted by Crippen LogP contribution is -2.48. The Balaban J connectivity index is 1.59. The van der Waals surface area contributed by atoms with Gasteiger partial charge in [0.25, 0.3) is 0 Å². The van der Waals surface area contributed by atoms with E-state index >= 15 is 0 Å². The van der Waals surface area contributed by atoms with Gasteiger partial charge in [-0.2, -0.15) is 0 Å². The number of nitrogens with zero attached hydrogens (tertiary/aromatic N) is 1. The van der Waals surface area contributed by atoms with Crippen molar-refractivity contribution in [3.8, 4) is 11.5 Å². The van der Waals surface area contributed by atoms with Gasteiger partial charge in [0.05, 0.1) is 5.41 Å². The highest BCUT2D eigenvalue weighted by Gasteiger charge is 2.43. The number of hydrogen-bond donors (Lipinski definition) is 0. The number of hydrogen-bond acceptors (Lipinski definition) is 4. The summed E-state index contributed by atoms with van der Waals surface area (Å²) in [6.07, 6.45) is 1.08. The zero-order valence-electron chi connectivity index (χ0n) is 15.2. The second kappa shape index (κ2) is 7.19. The number of fused-ring (bicyclic) bond motifs is 1. The SMILES string of the molecule is CN(Cc1ccc2c(c1)OCO2)C(=O)C1(c2cccc(F)c2)CCOCC1. The van der Waals surface area contributed by atoms with Gasteiger partial charge in [-0.05, 0) is 48.2 Å². The molecule has 2 aliphatic rings. The first-order valence-corrected chi connectivity index (χ1v) is 9.06. The summed E-state index contributed by atoms with van der Waals surface area (Å²) in [6, 6.07) is 12.0. The molecule has 6 heteroatoms. The second-order valence-corrected chi connectivity index (χ2v) is 7.05. The van der Waals surface area contributed by atoms with Crippen LogP contribution < -0.4 is 9.47 Å². The highest BCUT2D eigenvalue weighted by atomic mass is 19.1.